The highest BCUT2D eigenvalue weighted by molar-refractivity contribution is 7.43. The van der Waals surface area contributed by atoms with Gasteiger partial charge in [-0.1, -0.05) is 60.7 Å². The lowest BCUT2D eigenvalue weighted by molar-refractivity contribution is 1.62. The third kappa shape index (κ3) is 4.55. The first-order valence-corrected chi connectivity index (χ1v) is 7.67. The fourth-order valence-electron chi connectivity index (χ4n) is 1.37. The third-order valence-corrected chi connectivity index (χ3v) is 4.04. The van der Waals surface area contributed by atoms with Gasteiger partial charge in [-0.05, 0) is 11.1 Å². The van der Waals surface area contributed by atoms with Crippen molar-refractivity contribution in [3.63, 3.8) is 0 Å². The molecule has 6 heteroatoms. The Balaban J connectivity index is 0.000000169. The summed E-state index contributed by atoms with van der Waals surface area (Å²) in [7, 11) is 2.49. The molecule has 3 aromatic rings. The Bertz CT molecular complexity index is 485. The quantitative estimate of drug-likeness (QED) is 0.635. The average Bonchev–Trinajstić information content (AvgIpc) is 2.51. The molecule has 3 nitrogen and oxygen atoms in total. The highest BCUT2D eigenvalue weighted by Crippen LogP contribution is 2.17. The predicted octanol–water partition coefficient (Wildman–Crippen LogP) is 4.97. The van der Waals surface area contributed by atoms with Crippen molar-refractivity contribution in [2.75, 3.05) is 0 Å². The van der Waals surface area contributed by atoms with E-state index in [2.05, 4.69) is 62.1 Å². The fourth-order valence-corrected chi connectivity index (χ4v) is 3.19. The van der Waals surface area contributed by atoms with Crippen molar-refractivity contribution >= 4 is 25.5 Å². The van der Waals surface area contributed by atoms with Crippen LogP contribution in [0.1, 0.15) is 0 Å². The summed E-state index contributed by atoms with van der Waals surface area (Å²) in [6.07, 6.45) is 0. The molecule has 18 heavy (non-hydrogen) atoms. The first kappa shape index (κ1) is 13.2. The summed E-state index contributed by atoms with van der Waals surface area (Å²) in [5.41, 5.74) is 2.55. The van der Waals surface area contributed by atoms with Crippen LogP contribution in [0.2, 0.25) is 0 Å². The second kappa shape index (κ2) is 7.95. The molecular formula is C12H10N3P3. The highest BCUT2D eigenvalue weighted by atomic mass is 31.1. The number of benzene rings is 2. The molecule has 1 heterocycles. The molecule has 1 aromatic heterocycles. The van der Waals surface area contributed by atoms with Gasteiger partial charge in [0.25, 0.3) is 0 Å². The van der Waals surface area contributed by atoms with E-state index in [0.29, 0.717) is 0 Å². The lowest BCUT2D eigenvalue weighted by Crippen LogP contribution is -1.73. The van der Waals surface area contributed by atoms with E-state index in [-0.39, 0.29) is 0 Å². The standard InChI is InChI=1S/C12H10.N3P3/c1-3-7-11(8-4-1)12-9-5-2-6-10-12;1-4-2-6-3-5-1/h1-10H;. The minimum atomic E-state index is 0.830. The molecule has 0 atom stereocenters. The van der Waals surface area contributed by atoms with Gasteiger partial charge in [-0.2, -0.15) is 13.5 Å². The number of rotatable bonds is 1. The van der Waals surface area contributed by atoms with Crippen LogP contribution in [0.4, 0.5) is 0 Å². The molecule has 0 amide bonds. The monoisotopic (exact) mass is 289 g/mol. The van der Waals surface area contributed by atoms with Crippen LogP contribution in [0.15, 0.2) is 60.7 Å². The van der Waals surface area contributed by atoms with Gasteiger partial charge in [0, 0.05) is 0 Å². The van der Waals surface area contributed by atoms with Gasteiger partial charge < -0.3 is 0 Å². The summed E-state index contributed by atoms with van der Waals surface area (Å²) >= 11 is 0. The number of hydrogen-bond donors (Lipinski definition) is 0. The molecule has 0 N–H and O–H groups in total. The van der Waals surface area contributed by atoms with Crippen molar-refractivity contribution in [3.8, 4) is 11.1 Å². The molecule has 0 fully saturated rings. The molecular weight excluding hydrogens is 279 g/mol. The molecule has 0 aliphatic rings. The Morgan fingerprint density at radius 1 is 0.500 bits per heavy atom. The summed E-state index contributed by atoms with van der Waals surface area (Å²) in [4.78, 5) is 0. The Morgan fingerprint density at radius 2 is 0.833 bits per heavy atom. The normalized spacial score (nSPS) is 10.4. The summed E-state index contributed by atoms with van der Waals surface area (Å²) in [6.45, 7) is 0. The summed E-state index contributed by atoms with van der Waals surface area (Å²) in [6, 6.07) is 20.8. The molecule has 0 unspecified atom stereocenters. The van der Waals surface area contributed by atoms with E-state index in [9.17, 15) is 0 Å². The van der Waals surface area contributed by atoms with E-state index >= 15 is 0 Å². The van der Waals surface area contributed by atoms with Gasteiger partial charge in [-0.15, -0.1) is 0 Å². The zero-order chi connectivity index (χ0) is 12.5. The summed E-state index contributed by atoms with van der Waals surface area (Å²) in [5.74, 6) is 0. The van der Waals surface area contributed by atoms with Crippen LogP contribution in [0.3, 0.4) is 0 Å². The van der Waals surface area contributed by atoms with E-state index in [1.54, 1.807) is 0 Å². The minimum absolute atomic E-state index is 0.830. The van der Waals surface area contributed by atoms with Gasteiger partial charge in [0.05, 0.1) is 0 Å². The second-order valence-electron chi connectivity index (χ2n) is 3.27. The lowest BCUT2D eigenvalue weighted by atomic mass is 10.1. The lowest BCUT2D eigenvalue weighted by Gasteiger charge is -1.98. The van der Waals surface area contributed by atoms with Gasteiger partial charge in [0.1, 0.15) is 0 Å². The highest BCUT2D eigenvalue weighted by Gasteiger charge is 1.91. The van der Waals surface area contributed by atoms with Crippen LogP contribution in [-0.4, -0.2) is 13.5 Å². The average molecular weight is 289 g/mol. The zero-order valence-electron chi connectivity index (χ0n) is 9.46. The van der Waals surface area contributed by atoms with Gasteiger partial charge >= 0.3 is 0 Å². The van der Waals surface area contributed by atoms with E-state index < -0.39 is 0 Å². The number of hydrogen-bond acceptors (Lipinski definition) is 3. The summed E-state index contributed by atoms with van der Waals surface area (Å²) < 4.78 is 11.3. The summed E-state index contributed by atoms with van der Waals surface area (Å²) in [5, 5.41) is 0. The van der Waals surface area contributed by atoms with Crippen molar-refractivity contribution in [2.24, 2.45) is 0 Å². The van der Waals surface area contributed by atoms with Gasteiger partial charge in [0.2, 0.25) is 0 Å². The molecule has 0 aliphatic heterocycles. The Hall–Kier alpha value is -1.26. The van der Waals surface area contributed by atoms with Crippen LogP contribution in [0, 0.1) is 0 Å². The van der Waals surface area contributed by atoms with Crippen LogP contribution in [0.5, 0.6) is 0 Å². The second-order valence-corrected chi connectivity index (χ2v) is 5.95. The SMILES string of the molecule is c1ccc(-c2ccccc2)cc1.n1pnpnp1. The van der Waals surface area contributed by atoms with Crippen molar-refractivity contribution < 1.29 is 0 Å². The largest absolute Gasteiger partial charge is 0.166 e. The molecule has 0 spiro atoms. The smallest absolute Gasteiger partial charge is 0.166 e. The molecule has 0 saturated heterocycles. The van der Waals surface area contributed by atoms with Crippen LogP contribution < -0.4 is 0 Å². The van der Waals surface area contributed by atoms with Crippen LogP contribution in [-0.2, 0) is 0 Å². The molecule has 2 aromatic carbocycles. The molecule has 0 saturated carbocycles. The Labute approximate surface area is 111 Å². The van der Waals surface area contributed by atoms with E-state index in [0.717, 1.165) is 25.5 Å². The maximum Gasteiger partial charge on any atom is 0.166 e. The van der Waals surface area contributed by atoms with Crippen LogP contribution >= 0.6 is 25.5 Å². The number of aromatic nitrogens is 3. The third-order valence-electron chi connectivity index (χ3n) is 2.12. The maximum atomic E-state index is 3.78. The fraction of sp³-hybridized carbons (Fsp3) is 0. The van der Waals surface area contributed by atoms with Crippen LogP contribution in [0.25, 0.3) is 11.1 Å². The first-order chi connectivity index (χ1) is 8.97. The van der Waals surface area contributed by atoms with E-state index in [1.165, 1.54) is 11.1 Å². The minimum Gasteiger partial charge on any atom is -0.166 e. The molecule has 0 aliphatic carbocycles. The van der Waals surface area contributed by atoms with E-state index in [1.807, 2.05) is 12.1 Å². The van der Waals surface area contributed by atoms with Gasteiger partial charge in [-0.3, -0.25) is 0 Å². The van der Waals surface area contributed by atoms with Gasteiger partial charge in [-0.25, -0.2) is 0 Å². The zero-order valence-corrected chi connectivity index (χ0v) is 12.1. The molecule has 88 valence electrons. The molecule has 0 bridgehead atoms. The van der Waals surface area contributed by atoms with Crippen molar-refractivity contribution in [3.05, 3.63) is 60.7 Å². The maximum absolute atomic E-state index is 3.78. The predicted molar refractivity (Wildman–Crippen MR) is 79.2 cm³/mol. The van der Waals surface area contributed by atoms with Crippen molar-refractivity contribution in [1.29, 1.82) is 0 Å². The Morgan fingerprint density at radius 3 is 1.11 bits per heavy atom. The first-order valence-electron chi connectivity index (χ1n) is 5.27. The van der Waals surface area contributed by atoms with Crippen molar-refractivity contribution in [1.82, 2.24) is 13.5 Å². The van der Waals surface area contributed by atoms with E-state index in [4.69, 9.17) is 0 Å². The molecule has 3 rings (SSSR count). The number of nitrogens with zero attached hydrogens (tertiary/aromatic N) is 3. The Kier molecular flexibility index (Phi) is 5.82. The topological polar surface area (TPSA) is 38.7 Å². The molecule has 0 radical (unpaired) electrons. The van der Waals surface area contributed by atoms with Gasteiger partial charge in [0.15, 0.2) is 25.5 Å². The van der Waals surface area contributed by atoms with Crippen molar-refractivity contribution in [2.45, 2.75) is 0 Å².